The Labute approximate surface area is 476 Å². The topological polar surface area (TPSA) is 175 Å². The van der Waals surface area contributed by atoms with Crippen LogP contribution < -0.4 is 31.9 Å². The summed E-state index contributed by atoms with van der Waals surface area (Å²) in [6, 6.07) is 1.04. The third kappa shape index (κ3) is 22.6. The van der Waals surface area contributed by atoms with Crippen molar-refractivity contribution in [1.82, 2.24) is 31.9 Å². The molecule has 78 heavy (non-hydrogen) atoms. The molecule has 12 heteroatoms. The van der Waals surface area contributed by atoms with Crippen LogP contribution in [0.2, 0.25) is 0 Å². The Hall–Kier alpha value is -3.18. The highest BCUT2D eigenvalue weighted by molar-refractivity contribution is 5.91. The van der Waals surface area contributed by atoms with Gasteiger partial charge >= 0.3 is 0 Å². The summed E-state index contributed by atoms with van der Waals surface area (Å²) in [5.74, 6) is 3.50. The van der Waals surface area contributed by atoms with Gasteiger partial charge in [0.05, 0.1) is 11.8 Å². The van der Waals surface area contributed by atoms with Gasteiger partial charge in [0, 0.05) is 61.9 Å². The maximum Gasteiger partial charge on any atom is 0.224 e. The van der Waals surface area contributed by atoms with E-state index in [0.717, 1.165) is 127 Å². The number of hydrogen-bond donors (Lipinski definition) is 6. The fourth-order valence-electron chi connectivity index (χ4n) is 15.6. The van der Waals surface area contributed by atoms with Gasteiger partial charge < -0.3 is 31.9 Å². The molecule has 0 heterocycles. The van der Waals surface area contributed by atoms with Crippen LogP contribution in [0.1, 0.15) is 281 Å². The highest BCUT2D eigenvalue weighted by Crippen LogP contribution is 2.35. The van der Waals surface area contributed by atoms with Crippen molar-refractivity contribution >= 4 is 35.4 Å². The van der Waals surface area contributed by atoms with Crippen LogP contribution >= 0.6 is 0 Å². The zero-order valence-corrected chi connectivity index (χ0v) is 51.3. The molecule has 0 aliphatic heterocycles. The second-order valence-corrected chi connectivity index (χ2v) is 27.4. The number of hydrogen-bond acceptors (Lipinski definition) is 6. The van der Waals surface area contributed by atoms with E-state index in [0.29, 0.717) is 35.5 Å². The van der Waals surface area contributed by atoms with E-state index >= 15 is 0 Å². The lowest BCUT2D eigenvalue weighted by Gasteiger charge is -2.37. The largest absolute Gasteiger partial charge is 0.353 e. The third-order valence-electron chi connectivity index (χ3n) is 20.2. The number of carbonyl (C=O) groups excluding carboxylic acids is 6. The van der Waals surface area contributed by atoms with E-state index in [1.54, 1.807) is 0 Å². The monoisotopic (exact) mass is 1090 g/mol. The van der Waals surface area contributed by atoms with E-state index in [9.17, 15) is 28.8 Å². The highest BCUT2D eigenvalue weighted by atomic mass is 16.2. The van der Waals surface area contributed by atoms with Gasteiger partial charge in [-0.3, -0.25) is 28.8 Å². The summed E-state index contributed by atoms with van der Waals surface area (Å²) in [6.07, 6.45) is 34.4. The first kappa shape index (κ1) is 65.6. The highest BCUT2D eigenvalue weighted by Gasteiger charge is 2.37. The molecule has 6 aliphatic rings. The first-order valence-corrected chi connectivity index (χ1v) is 33.2. The Bertz CT molecular complexity index is 1700. The van der Waals surface area contributed by atoms with Gasteiger partial charge in [-0.25, -0.2) is 0 Å². The quantitative estimate of drug-likeness (QED) is 0.0531. The Morgan fingerprint density at radius 2 is 0.577 bits per heavy atom. The zero-order chi connectivity index (χ0) is 56.6. The molecule has 0 radical (unpaired) electrons. The van der Waals surface area contributed by atoms with E-state index in [1.807, 2.05) is 0 Å². The molecule has 6 aliphatic carbocycles. The molecular weight excluding hydrogens is 973 g/mol. The Morgan fingerprint density at radius 1 is 0.321 bits per heavy atom. The minimum absolute atomic E-state index is 0.0754. The van der Waals surface area contributed by atoms with Crippen molar-refractivity contribution in [3.05, 3.63) is 0 Å². The van der Waals surface area contributed by atoms with Crippen LogP contribution in [0.15, 0.2) is 0 Å². The molecule has 0 bridgehead atoms. The smallest absolute Gasteiger partial charge is 0.224 e. The molecular formula is C66H118N6O6. The number of rotatable bonds is 25. The molecule has 448 valence electrons. The van der Waals surface area contributed by atoms with Crippen LogP contribution in [0.25, 0.3) is 0 Å². The van der Waals surface area contributed by atoms with Gasteiger partial charge in [-0.15, -0.1) is 0 Å². The lowest BCUT2D eigenvalue weighted by Crippen LogP contribution is -2.50. The van der Waals surface area contributed by atoms with Crippen molar-refractivity contribution < 1.29 is 28.8 Å². The lowest BCUT2D eigenvalue weighted by molar-refractivity contribution is -0.135. The second kappa shape index (κ2) is 35.0. The fraction of sp³-hybridized carbons (Fsp3) is 0.909. The van der Waals surface area contributed by atoms with Gasteiger partial charge in [0.2, 0.25) is 35.4 Å². The summed E-state index contributed by atoms with van der Waals surface area (Å²) >= 11 is 0. The molecule has 6 amide bonds. The first-order chi connectivity index (χ1) is 37.5. The number of carbonyl (C=O) groups is 6. The van der Waals surface area contributed by atoms with Crippen LogP contribution in [0, 0.1) is 65.1 Å². The van der Waals surface area contributed by atoms with E-state index in [1.165, 1.54) is 83.5 Å². The normalized spacial score (nSPS) is 30.5. The number of nitrogens with one attached hydrogen (secondary N) is 6. The molecule has 6 saturated carbocycles. The van der Waals surface area contributed by atoms with Crippen molar-refractivity contribution in [2.75, 3.05) is 0 Å². The molecule has 6 N–H and O–H groups in total. The van der Waals surface area contributed by atoms with Gasteiger partial charge in [0.15, 0.2) is 0 Å². The second-order valence-electron chi connectivity index (χ2n) is 27.4. The average Bonchev–Trinajstić information content (AvgIpc) is 3.41. The maximum absolute atomic E-state index is 13.7. The van der Waals surface area contributed by atoms with E-state index in [4.69, 9.17) is 0 Å². The van der Waals surface area contributed by atoms with Crippen molar-refractivity contribution in [2.45, 2.75) is 317 Å². The van der Waals surface area contributed by atoms with Gasteiger partial charge in [-0.2, -0.15) is 0 Å². The Balaban J connectivity index is 0.000000287. The summed E-state index contributed by atoms with van der Waals surface area (Å²) in [5, 5.41) is 19.6. The van der Waals surface area contributed by atoms with E-state index < -0.39 is 11.8 Å². The molecule has 0 aromatic carbocycles. The van der Waals surface area contributed by atoms with Crippen LogP contribution in [0.3, 0.4) is 0 Å². The molecule has 0 aromatic heterocycles. The zero-order valence-electron chi connectivity index (χ0n) is 51.3. The third-order valence-corrected chi connectivity index (χ3v) is 20.2. The van der Waals surface area contributed by atoms with Gasteiger partial charge in [0.1, 0.15) is 0 Å². The van der Waals surface area contributed by atoms with E-state index in [-0.39, 0.29) is 97.4 Å². The predicted molar refractivity (Wildman–Crippen MR) is 318 cm³/mol. The van der Waals surface area contributed by atoms with Crippen LogP contribution in [0.4, 0.5) is 0 Å². The first-order valence-electron chi connectivity index (χ1n) is 33.2. The SMILES string of the molecule is CC(C)C1CCCCC1NC(=O)CC(CC(=O)NC1CCCCC1C(C)C)C(=O)NC1CCCCC1C(C)C.CCCC1CCC(NC(=O)CC(CC(=O)NC2CCC(CCC)CC2)C(=O)NC2CCC(CCC)CC2)CC1. The molecule has 6 atom stereocenters. The molecule has 0 saturated heterocycles. The standard InChI is InChI=1S/2C33H59N3O3/c1-21(2)25-13-7-10-16-28(25)34-31(37)19-24(33(39)36-30-18-12-9-15-27(30)23(5)6)20-32(38)35-29-17-11-8-14-26(29)22(3)4;1-4-7-24-10-16-28(17-11-24)34-31(37)22-27(33(39)36-30-20-14-26(9-6-3)15-21-30)23-32(38)35-29-18-12-25(8-5-2)13-19-29/h21-30H,7-20H2,1-6H3,(H,34,37)(H,35,38)(H,36,39);24-30H,4-23H2,1-3H3,(H,34,37)(H,35,38)(H,36,39). The summed E-state index contributed by atoms with van der Waals surface area (Å²) in [4.78, 5) is 80.0. The summed E-state index contributed by atoms with van der Waals surface area (Å²) < 4.78 is 0. The van der Waals surface area contributed by atoms with Crippen LogP contribution in [-0.4, -0.2) is 71.7 Å². The van der Waals surface area contributed by atoms with Crippen LogP contribution in [-0.2, 0) is 28.8 Å². The summed E-state index contributed by atoms with van der Waals surface area (Å²) in [6.45, 7) is 20.1. The molecule has 6 unspecified atom stereocenters. The molecule has 6 rings (SSSR count). The van der Waals surface area contributed by atoms with Crippen molar-refractivity contribution in [1.29, 1.82) is 0 Å². The minimum Gasteiger partial charge on any atom is -0.353 e. The predicted octanol–water partition coefficient (Wildman–Crippen LogP) is 13.2. The lowest BCUT2D eigenvalue weighted by atomic mass is 9.77. The van der Waals surface area contributed by atoms with E-state index in [2.05, 4.69) is 94.2 Å². The van der Waals surface area contributed by atoms with Crippen molar-refractivity contribution in [3.63, 3.8) is 0 Å². The fourth-order valence-corrected chi connectivity index (χ4v) is 15.6. The van der Waals surface area contributed by atoms with Gasteiger partial charge in [0.25, 0.3) is 0 Å². The molecule has 0 spiro atoms. The Morgan fingerprint density at radius 3 is 0.872 bits per heavy atom. The van der Waals surface area contributed by atoms with Gasteiger partial charge in [-0.1, -0.05) is 139 Å². The van der Waals surface area contributed by atoms with Crippen molar-refractivity contribution in [3.8, 4) is 0 Å². The van der Waals surface area contributed by atoms with Crippen molar-refractivity contribution in [2.24, 2.45) is 65.1 Å². The Kier molecular flexibility index (Phi) is 29.4. The number of amides is 6. The van der Waals surface area contributed by atoms with Gasteiger partial charge in [-0.05, 0) is 169 Å². The average molecular weight is 1090 g/mol. The summed E-state index contributed by atoms with van der Waals surface area (Å²) in [7, 11) is 0. The van der Waals surface area contributed by atoms with Crippen LogP contribution in [0.5, 0.6) is 0 Å². The minimum atomic E-state index is -0.637. The molecule has 12 nitrogen and oxygen atoms in total. The summed E-state index contributed by atoms with van der Waals surface area (Å²) in [5.41, 5.74) is 0. The maximum atomic E-state index is 13.7. The molecule has 6 fully saturated rings. The molecule has 0 aromatic rings.